The Balaban J connectivity index is 1.85. The van der Waals surface area contributed by atoms with Gasteiger partial charge in [-0.15, -0.1) is 0 Å². The molecule has 19 heteroatoms. The zero-order chi connectivity index (χ0) is 29.7. The third-order valence-electron chi connectivity index (χ3n) is 7.25. The molecule has 0 aromatic heterocycles. The second-order valence-corrected chi connectivity index (χ2v) is 10.0. The van der Waals surface area contributed by atoms with Gasteiger partial charge in [-0.2, -0.15) is 0 Å². The van der Waals surface area contributed by atoms with Crippen molar-refractivity contribution in [2.24, 2.45) is 22.3 Å². The Bertz CT molecular complexity index is 885. The van der Waals surface area contributed by atoms with Crippen LogP contribution < -0.4 is 22.5 Å². The van der Waals surface area contributed by atoms with E-state index in [9.17, 15) is 40.5 Å². The Hall–Kier alpha value is -1.78. The molecule has 40 heavy (non-hydrogen) atoms. The van der Waals surface area contributed by atoms with Crippen molar-refractivity contribution in [2.45, 2.75) is 105 Å². The highest BCUT2D eigenvalue weighted by Gasteiger charge is 2.53. The molecular weight excluding hydrogens is 542 g/mol. The summed E-state index contributed by atoms with van der Waals surface area (Å²) in [5.41, 5.74) is 26.3. The van der Waals surface area contributed by atoms with Gasteiger partial charge in [0.15, 0.2) is 12.6 Å². The molecule has 0 radical (unpaired) electrons. The van der Waals surface area contributed by atoms with Gasteiger partial charge in [0.2, 0.25) is 5.91 Å². The molecule has 2 saturated heterocycles. The number of ether oxygens (including phenoxy) is 4. The van der Waals surface area contributed by atoms with Crippen LogP contribution in [0.15, 0.2) is 5.11 Å². The van der Waals surface area contributed by atoms with E-state index in [1.165, 1.54) is 0 Å². The van der Waals surface area contributed by atoms with Crippen LogP contribution in [0.5, 0.6) is 0 Å². The Kier molecular flexibility index (Phi) is 11.8. The summed E-state index contributed by atoms with van der Waals surface area (Å²) in [6.45, 7) is -1.00. The molecule has 2 aliphatic heterocycles. The molecule has 0 aromatic carbocycles. The van der Waals surface area contributed by atoms with E-state index in [4.69, 9.17) is 41.7 Å². The van der Waals surface area contributed by atoms with Gasteiger partial charge in [-0.3, -0.25) is 4.79 Å². The predicted octanol–water partition coefficient (Wildman–Crippen LogP) is -6.43. The molecule has 15 atom stereocenters. The van der Waals surface area contributed by atoms with Gasteiger partial charge in [0.25, 0.3) is 0 Å². The van der Waals surface area contributed by atoms with E-state index < -0.39 is 104 Å². The first-order valence-electron chi connectivity index (χ1n) is 12.8. The number of hydrogen-bond donors (Lipinski definition) is 11. The number of aliphatic hydroxyl groups is 7. The van der Waals surface area contributed by atoms with E-state index in [0.717, 1.165) is 0 Å². The molecule has 8 unspecified atom stereocenters. The predicted molar refractivity (Wildman–Crippen MR) is 130 cm³/mol. The van der Waals surface area contributed by atoms with Gasteiger partial charge in [-0.25, -0.2) is 0 Å². The van der Waals surface area contributed by atoms with Gasteiger partial charge in [0.1, 0.15) is 54.9 Å². The molecule has 2 heterocycles. The SMILES string of the molecule is [N-]=[N+]=NC[C@H]1O[C@@H](OC2C(O)[C@H](NC(=O)[C@@H](O)CCN)CC(N)[C@H]2O[C@H]2OC(CO)[C@@H](O)C(O)C2N)C(O)C1O. The Morgan fingerprint density at radius 2 is 1.62 bits per heavy atom. The summed E-state index contributed by atoms with van der Waals surface area (Å²) in [4.78, 5) is 15.0. The molecule has 1 amide bonds. The number of hydrogen-bond acceptors (Lipinski definition) is 16. The maximum absolute atomic E-state index is 12.4. The highest BCUT2D eigenvalue weighted by atomic mass is 16.7. The monoisotopic (exact) mass is 581 g/mol. The topological polar surface area (TPSA) is 334 Å². The minimum Gasteiger partial charge on any atom is -0.394 e. The average Bonchev–Trinajstić information content (AvgIpc) is 3.19. The van der Waals surface area contributed by atoms with Gasteiger partial charge >= 0.3 is 0 Å². The fourth-order valence-electron chi connectivity index (χ4n) is 4.91. The summed E-state index contributed by atoms with van der Waals surface area (Å²) in [6, 6.07) is -3.45. The molecule has 19 nitrogen and oxygen atoms in total. The lowest BCUT2D eigenvalue weighted by Crippen LogP contribution is -2.69. The second-order valence-electron chi connectivity index (χ2n) is 10.0. The minimum absolute atomic E-state index is 0.0241. The molecule has 3 aliphatic rings. The van der Waals surface area contributed by atoms with Crippen molar-refractivity contribution >= 4 is 5.91 Å². The molecular formula is C21H39N7O12. The number of aliphatic hydroxyl groups excluding tert-OH is 7. The van der Waals surface area contributed by atoms with E-state index in [-0.39, 0.29) is 25.9 Å². The van der Waals surface area contributed by atoms with E-state index >= 15 is 0 Å². The van der Waals surface area contributed by atoms with Crippen molar-refractivity contribution in [1.29, 1.82) is 0 Å². The van der Waals surface area contributed by atoms with E-state index in [0.29, 0.717) is 0 Å². The first-order chi connectivity index (χ1) is 18.9. The van der Waals surface area contributed by atoms with Crippen molar-refractivity contribution in [2.75, 3.05) is 19.7 Å². The van der Waals surface area contributed by atoms with Crippen LogP contribution in [0.3, 0.4) is 0 Å². The lowest BCUT2D eigenvalue weighted by Gasteiger charge is -2.47. The number of carbonyl (C=O) groups excluding carboxylic acids is 1. The molecule has 1 saturated carbocycles. The Morgan fingerprint density at radius 1 is 1.00 bits per heavy atom. The third kappa shape index (κ3) is 7.16. The number of nitrogens with one attached hydrogen (secondary N) is 1. The number of azide groups is 1. The Labute approximate surface area is 228 Å². The summed E-state index contributed by atoms with van der Waals surface area (Å²) >= 11 is 0. The summed E-state index contributed by atoms with van der Waals surface area (Å²) in [5.74, 6) is -0.831. The second kappa shape index (κ2) is 14.4. The third-order valence-corrected chi connectivity index (χ3v) is 7.25. The maximum atomic E-state index is 12.4. The molecule has 3 fully saturated rings. The van der Waals surface area contributed by atoms with Crippen LogP contribution in [0.1, 0.15) is 12.8 Å². The standard InChI is InChI=1S/C21H39N7O12/c22-2-1-8(30)19(36)27-7-3-6(23)17(39-20-11(24)15(34)14(33)10(5-29)38-20)18(12(7)31)40-21-16(35)13(32)9(37-21)4-26-28-25/h6-18,20-21,29-35H,1-5,22-24H2,(H,27,36)/t6?,7-,8+,9-,10?,11?,12?,13?,14-,15?,16?,17-,18?,20-,21+/m1/s1. The maximum Gasteiger partial charge on any atom is 0.249 e. The first kappa shape index (κ1) is 32.7. The highest BCUT2D eigenvalue weighted by Crippen LogP contribution is 2.32. The number of nitrogens with two attached hydrogens (primary N) is 3. The first-order valence-corrected chi connectivity index (χ1v) is 12.8. The average molecular weight is 582 g/mol. The van der Waals surface area contributed by atoms with Crippen molar-refractivity contribution in [3.8, 4) is 0 Å². The largest absolute Gasteiger partial charge is 0.394 e. The summed E-state index contributed by atoms with van der Waals surface area (Å²) in [5, 5.41) is 77.7. The fraction of sp³-hybridized carbons (Fsp3) is 0.952. The van der Waals surface area contributed by atoms with Crippen molar-refractivity contribution < 1.29 is 59.5 Å². The van der Waals surface area contributed by atoms with Crippen LogP contribution in [-0.2, 0) is 23.7 Å². The summed E-state index contributed by atoms with van der Waals surface area (Å²) < 4.78 is 22.7. The van der Waals surface area contributed by atoms with Crippen molar-refractivity contribution in [1.82, 2.24) is 5.32 Å². The van der Waals surface area contributed by atoms with Gasteiger partial charge in [-0.1, -0.05) is 5.11 Å². The Morgan fingerprint density at radius 3 is 2.25 bits per heavy atom. The van der Waals surface area contributed by atoms with Crippen LogP contribution in [0.4, 0.5) is 0 Å². The smallest absolute Gasteiger partial charge is 0.249 e. The zero-order valence-corrected chi connectivity index (χ0v) is 21.4. The lowest BCUT2D eigenvalue weighted by atomic mass is 9.83. The van der Waals surface area contributed by atoms with E-state index in [1.807, 2.05) is 0 Å². The van der Waals surface area contributed by atoms with Gasteiger partial charge in [0.05, 0.1) is 31.3 Å². The van der Waals surface area contributed by atoms with Crippen molar-refractivity contribution in [3.05, 3.63) is 10.4 Å². The molecule has 0 bridgehead atoms. The van der Waals surface area contributed by atoms with Crippen LogP contribution in [0.25, 0.3) is 10.4 Å². The van der Waals surface area contributed by atoms with Crippen LogP contribution in [0.2, 0.25) is 0 Å². The van der Waals surface area contributed by atoms with Crippen LogP contribution in [-0.4, -0.2) is 153 Å². The molecule has 230 valence electrons. The molecule has 14 N–H and O–H groups in total. The van der Waals surface area contributed by atoms with Gasteiger partial charge in [-0.05, 0) is 24.9 Å². The quantitative estimate of drug-likeness (QED) is 0.0613. The molecule has 3 rings (SSSR count). The zero-order valence-electron chi connectivity index (χ0n) is 21.4. The fourth-order valence-corrected chi connectivity index (χ4v) is 4.91. The number of carbonyl (C=O) groups is 1. The van der Waals surface area contributed by atoms with Crippen LogP contribution in [0, 0.1) is 0 Å². The van der Waals surface area contributed by atoms with E-state index in [1.54, 1.807) is 0 Å². The number of nitrogens with zero attached hydrogens (tertiary/aromatic N) is 3. The summed E-state index contributed by atoms with van der Waals surface area (Å²) in [7, 11) is 0. The normalized spacial score (nSPS) is 44.5. The molecule has 1 aliphatic carbocycles. The molecule has 0 aromatic rings. The number of rotatable bonds is 11. The van der Waals surface area contributed by atoms with Crippen LogP contribution >= 0.6 is 0 Å². The van der Waals surface area contributed by atoms with Crippen molar-refractivity contribution in [3.63, 3.8) is 0 Å². The summed E-state index contributed by atoms with van der Waals surface area (Å²) in [6.07, 6.45) is -17.8. The lowest BCUT2D eigenvalue weighted by molar-refractivity contribution is -0.310. The minimum atomic E-state index is -1.66. The highest BCUT2D eigenvalue weighted by molar-refractivity contribution is 5.80. The molecule has 0 spiro atoms. The number of amides is 1. The van der Waals surface area contributed by atoms with E-state index in [2.05, 4.69) is 15.3 Å². The van der Waals surface area contributed by atoms with Gasteiger partial charge < -0.3 is 77.2 Å². The van der Waals surface area contributed by atoms with Gasteiger partial charge in [0, 0.05) is 11.0 Å².